The molecule has 98 valence electrons. The molecule has 0 atom stereocenters. The summed E-state index contributed by atoms with van der Waals surface area (Å²) in [5.41, 5.74) is 0.594. The van der Waals surface area contributed by atoms with Crippen LogP contribution in [0.1, 0.15) is 38.5 Å². The van der Waals surface area contributed by atoms with Crippen LogP contribution in [0.25, 0.3) is 0 Å². The third kappa shape index (κ3) is 2.41. The molecule has 1 aliphatic carbocycles. The highest BCUT2D eigenvalue weighted by Crippen LogP contribution is 2.46. The van der Waals surface area contributed by atoms with Crippen molar-refractivity contribution in [1.82, 2.24) is 15.0 Å². The molecular formula is C12H16Cl2N4. The van der Waals surface area contributed by atoms with Gasteiger partial charge in [-0.2, -0.15) is 15.0 Å². The van der Waals surface area contributed by atoms with Crippen LogP contribution in [0.5, 0.6) is 0 Å². The second-order valence-electron chi connectivity index (χ2n) is 5.37. The van der Waals surface area contributed by atoms with Crippen molar-refractivity contribution >= 4 is 29.2 Å². The monoisotopic (exact) mass is 286 g/mol. The van der Waals surface area contributed by atoms with Gasteiger partial charge in [-0.05, 0) is 54.3 Å². The van der Waals surface area contributed by atoms with Crippen molar-refractivity contribution in [3.05, 3.63) is 10.6 Å². The van der Waals surface area contributed by atoms with E-state index in [0.717, 1.165) is 13.1 Å². The van der Waals surface area contributed by atoms with Crippen LogP contribution in [0.15, 0.2) is 0 Å². The molecule has 4 nitrogen and oxygen atoms in total. The minimum Gasteiger partial charge on any atom is -0.341 e. The van der Waals surface area contributed by atoms with Crippen molar-refractivity contribution in [2.75, 3.05) is 18.0 Å². The summed E-state index contributed by atoms with van der Waals surface area (Å²) in [5, 5.41) is 0.345. The Balaban J connectivity index is 1.72. The molecule has 1 saturated heterocycles. The second kappa shape index (κ2) is 4.82. The summed E-state index contributed by atoms with van der Waals surface area (Å²) in [6.45, 7) is 1.99. The lowest BCUT2D eigenvalue weighted by atomic mass is 9.77. The standard InChI is InChI=1S/C12H16Cl2N4/c13-9-15-10(14)17-11(16-9)18-7-5-12(6-8-18)3-1-2-4-12/h1-8H2. The molecule has 1 aromatic heterocycles. The fraction of sp³-hybridized carbons (Fsp3) is 0.750. The van der Waals surface area contributed by atoms with E-state index in [1.165, 1.54) is 38.5 Å². The van der Waals surface area contributed by atoms with Gasteiger partial charge in [-0.25, -0.2) is 0 Å². The Bertz CT molecular complexity index is 415. The van der Waals surface area contributed by atoms with E-state index < -0.39 is 0 Å². The maximum absolute atomic E-state index is 5.82. The zero-order valence-corrected chi connectivity index (χ0v) is 11.7. The first-order chi connectivity index (χ1) is 8.67. The zero-order valence-electron chi connectivity index (χ0n) is 10.2. The molecule has 0 aromatic carbocycles. The summed E-state index contributed by atoms with van der Waals surface area (Å²) in [5.74, 6) is 0.618. The third-order valence-electron chi connectivity index (χ3n) is 4.34. The summed E-state index contributed by atoms with van der Waals surface area (Å²) in [7, 11) is 0. The maximum Gasteiger partial charge on any atom is 0.230 e. The molecule has 0 amide bonds. The quantitative estimate of drug-likeness (QED) is 0.794. The fourth-order valence-electron chi connectivity index (χ4n) is 3.26. The number of rotatable bonds is 1. The molecule has 0 unspecified atom stereocenters. The van der Waals surface area contributed by atoms with Crippen LogP contribution in [0.3, 0.4) is 0 Å². The second-order valence-corrected chi connectivity index (χ2v) is 6.04. The Morgan fingerprint density at radius 2 is 1.39 bits per heavy atom. The SMILES string of the molecule is Clc1nc(Cl)nc(N2CCC3(CCCC3)CC2)n1. The molecule has 0 radical (unpaired) electrons. The van der Waals surface area contributed by atoms with Crippen LogP contribution in [-0.4, -0.2) is 28.0 Å². The molecule has 1 spiro atoms. The Morgan fingerprint density at radius 1 is 0.833 bits per heavy atom. The van der Waals surface area contributed by atoms with Crippen molar-refractivity contribution in [3.63, 3.8) is 0 Å². The van der Waals surface area contributed by atoms with Gasteiger partial charge in [-0.1, -0.05) is 12.8 Å². The first kappa shape index (κ1) is 12.4. The number of piperidine rings is 1. The lowest BCUT2D eigenvalue weighted by molar-refractivity contribution is 0.225. The number of nitrogens with zero attached hydrogens (tertiary/aromatic N) is 4. The van der Waals surface area contributed by atoms with Gasteiger partial charge in [0.05, 0.1) is 0 Å². The van der Waals surface area contributed by atoms with E-state index in [0.29, 0.717) is 11.4 Å². The average molecular weight is 287 g/mol. The van der Waals surface area contributed by atoms with Crippen LogP contribution in [0.4, 0.5) is 5.95 Å². The Kier molecular flexibility index (Phi) is 3.32. The minimum atomic E-state index is 0.172. The van der Waals surface area contributed by atoms with Crippen molar-refractivity contribution in [2.45, 2.75) is 38.5 Å². The highest BCUT2D eigenvalue weighted by atomic mass is 35.5. The molecule has 3 rings (SSSR count). The topological polar surface area (TPSA) is 41.9 Å². The van der Waals surface area contributed by atoms with Crippen molar-refractivity contribution in [1.29, 1.82) is 0 Å². The largest absolute Gasteiger partial charge is 0.341 e. The van der Waals surface area contributed by atoms with E-state index in [4.69, 9.17) is 23.2 Å². The van der Waals surface area contributed by atoms with E-state index in [-0.39, 0.29) is 10.6 Å². The lowest BCUT2D eigenvalue weighted by Crippen LogP contribution is -2.39. The first-order valence-electron chi connectivity index (χ1n) is 6.49. The van der Waals surface area contributed by atoms with Crippen LogP contribution in [0.2, 0.25) is 10.6 Å². The Morgan fingerprint density at radius 3 is 1.94 bits per heavy atom. The molecule has 1 aromatic rings. The molecule has 0 N–H and O–H groups in total. The summed E-state index contributed by atoms with van der Waals surface area (Å²) in [4.78, 5) is 14.3. The minimum absolute atomic E-state index is 0.172. The van der Waals surface area contributed by atoms with Crippen LogP contribution in [0, 0.1) is 5.41 Å². The fourth-order valence-corrected chi connectivity index (χ4v) is 3.62. The maximum atomic E-state index is 5.82. The molecule has 2 fully saturated rings. The number of aromatic nitrogens is 3. The lowest BCUT2D eigenvalue weighted by Gasteiger charge is -2.39. The van der Waals surface area contributed by atoms with Gasteiger partial charge in [0.15, 0.2) is 0 Å². The Labute approximate surface area is 117 Å². The molecule has 1 aliphatic heterocycles. The third-order valence-corrected chi connectivity index (χ3v) is 4.68. The molecule has 2 aliphatic rings. The smallest absolute Gasteiger partial charge is 0.230 e. The van der Waals surface area contributed by atoms with Gasteiger partial charge in [0.25, 0.3) is 0 Å². The van der Waals surface area contributed by atoms with E-state index in [2.05, 4.69) is 19.9 Å². The number of halogens is 2. The van der Waals surface area contributed by atoms with Crippen LogP contribution < -0.4 is 4.90 Å². The van der Waals surface area contributed by atoms with E-state index in [1.54, 1.807) is 0 Å². The average Bonchev–Trinajstić information content (AvgIpc) is 2.77. The van der Waals surface area contributed by atoms with Gasteiger partial charge < -0.3 is 4.90 Å². The zero-order chi connectivity index (χ0) is 12.6. The summed E-state index contributed by atoms with van der Waals surface area (Å²) < 4.78 is 0. The van der Waals surface area contributed by atoms with Crippen molar-refractivity contribution in [2.24, 2.45) is 5.41 Å². The van der Waals surface area contributed by atoms with Gasteiger partial charge in [0, 0.05) is 13.1 Å². The summed E-state index contributed by atoms with van der Waals surface area (Å²) >= 11 is 11.6. The van der Waals surface area contributed by atoms with Gasteiger partial charge in [0.1, 0.15) is 0 Å². The van der Waals surface area contributed by atoms with Gasteiger partial charge in [-0.3, -0.25) is 0 Å². The molecular weight excluding hydrogens is 271 g/mol. The van der Waals surface area contributed by atoms with Gasteiger partial charge >= 0.3 is 0 Å². The first-order valence-corrected chi connectivity index (χ1v) is 7.25. The number of anilines is 1. The van der Waals surface area contributed by atoms with E-state index in [9.17, 15) is 0 Å². The number of hydrogen-bond acceptors (Lipinski definition) is 4. The highest BCUT2D eigenvalue weighted by molar-refractivity contribution is 6.31. The van der Waals surface area contributed by atoms with E-state index >= 15 is 0 Å². The summed E-state index contributed by atoms with van der Waals surface area (Å²) in [6.07, 6.45) is 8.02. The van der Waals surface area contributed by atoms with E-state index in [1.807, 2.05) is 0 Å². The normalized spacial score (nSPS) is 22.7. The molecule has 2 heterocycles. The predicted octanol–water partition coefficient (Wildman–Crippen LogP) is 3.34. The molecule has 18 heavy (non-hydrogen) atoms. The molecule has 0 bridgehead atoms. The van der Waals surface area contributed by atoms with Crippen molar-refractivity contribution < 1.29 is 0 Å². The van der Waals surface area contributed by atoms with Gasteiger partial charge in [-0.15, -0.1) is 0 Å². The highest BCUT2D eigenvalue weighted by Gasteiger charge is 2.37. The predicted molar refractivity (Wildman–Crippen MR) is 72.2 cm³/mol. The van der Waals surface area contributed by atoms with Crippen LogP contribution >= 0.6 is 23.2 Å². The molecule has 1 saturated carbocycles. The van der Waals surface area contributed by atoms with Gasteiger partial charge in [0.2, 0.25) is 16.5 Å². The van der Waals surface area contributed by atoms with Crippen LogP contribution in [-0.2, 0) is 0 Å². The number of hydrogen-bond donors (Lipinski definition) is 0. The van der Waals surface area contributed by atoms with Crippen molar-refractivity contribution in [3.8, 4) is 0 Å². The summed E-state index contributed by atoms with van der Waals surface area (Å²) in [6, 6.07) is 0. The Hall–Kier alpha value is -0.610. The molecule has 6 heteroatoms.